The lowest BCUT2D eigenvalue weighted by Gasteiger charge is -2.31. The molecule has 3 rings (SSSR count). The standard InChI is InChI=1S/C15H26N4/c1-2-7-18-11-17-9-15(18)14(8-16)19(13-5-6-13)10-12-3-4-12/h9,11-14H,2-8,10,16H2,1H3. The maximum atomic E-state index is 6.11. The maximum absolute atomic E-state index is 6.11. The minimum atomic E-state index is 0.363. The quantitative estimate of drug-likeness (QED) is 0.781. The van der Waals surface area contributed by atoms with E-state index in [-0.39, 0.29) is 0 Å². The predicted octanol–water partition coefficient (Wildman–Crippen LogP) is 2.17. The molecule has 0 radical (unpaired) electrons. The van der Waals surface area contributed by atoms with Gasteiger partial charge < -0.3 is 10.3 Å². The van der Waals surface area contributed by atoms with Crippen LogP contribution >= 0.6 is 0 Å². The summed E-state index contributed by atoms with van der Waals surface area (Å²) in [6.45, 7) is 5.21. The van der Waals surface area contributed by atoms with Gasteiger partial charge in [-0.05, 0) is 38.0 Å². The van der Waals surface area contributed by atoms with E-state index in [0.717, 1.165) is 24.9 Å². The first kappa shape index (κ1) is 13.1. The van der Waals surface area contributed by atoms with Gasteiger partial charge in [0.25, 0.3) is 0 Å². The van der Waals surface area contributed by atoms with Crippen LogP contribution in [0, 0.1) is 5.92 Å². The Morgan fingerprint density at radius 1 is 1.42 bits per heavy atom. The van der Waals surface area contributed by atoms with Crippen molar-refractivity contribution in [3.05, 3.63) is 18.2 Å². The second-order valence-electron chi connectivity index (χ2n) is 6.13. The van der Waals surface area contributed by atoms with E-state index < -0.39 is 0 Å². The summed E-state index contributed by atoms with van der Waals surface area (Å²) in [4.78, 5) is 7.01. The highest BCUT2D eigenvalue weighted by atomic mass is 15.2. The van der Waals surface area contributed by atoms with Gasteiger partial charge in [-0.1, -0.05) is 6.92 Å². The van der Waals surface area contributed by atoms with Gasteiger partial charge in [0.15, 0.2) is 0 Å². The van der Waals surface area contributed by atoms with E-state index in [2.05, 4.69) is 21.4 Å². The summed E-state index contributed by atoms with van der Waals surface area (Å²) in [5, 5.41) is 0. The molecule has 2 fully saturated rings. The van der Waals surface area contributed by atoms with Crippen molar-refractivity contribution in [3.8, 4) is 0 Å². The van der Waals surface area contributed by atoms with Gasteiger partial charge >= 0.3 is 0 Å². The van der Waals surface area contributed by atoms with Crippen LogP contribution in [0.15, 0.2) is 12.5 Å². The van der Waals surface area contributed by atoms with Gasteiger partial charge in [0.05, 0.1) is 18.1 Å². The molecule has 0 bridgehead atoms. The summed E-state index contributed by atoms with van der Waals surface area (Å²) >= 11 is 0. The first-order valence-electron chi connectivity index (χ1n) is 7.79. The van der Waals surface area contributed by atoms with Crippen LogP contribution in [0.2, 0.25) is 0 Å². The van der Waals surface area contributed by atoms with Crippen LogP contribution < -0.4 is 5.73 Å². The molecule has 2 aliphatic carbocycles. The minimum Gasteiger partial charge on any atom is -0.333 e. The molecule has 0 aliphatic heterocycles. The smallest absolute Gasteiger partial charge is 0.0948 e. The first-order chi connectivity index (χ1) is 9.33. The van der Waals surface area contributed by atoms with E-state index in [1.54, 1.807) is 0 Å². The van der Waals surface area contributed by atoms with E-state index in [9.17, 15) is 0 Å². The molecular weight excluding hydrogens is 236 g/mol. The lowest BCUT2D eigenvalue weighted by molar-refractivity contribution is 0.176. The highest BCUT2D eigenvalue weighted by molar-refractivity contribution is 5.09. The van der Waals surface area contributed by atoms with Gasteiger partial charge in [-0.15, -0.1) is 0 Å². The number of hydrogen-bond donors (Lipinski definition) is 1. The van der Waals surface area contributed by atoms with E-state index in [4.69, 9.17) is 5.73 Å². The van der Waals surface area contributed by atoms with Gasteiger partial charge in [0.2, 0.25) is 0 Å². The predicted molar refractivity (Wildman–Crippen MR) is 76.8 cm³/mol. The van der Waals surface area contributed by atoms with Crippen LogP contribution in [0.5, 0.6) is 0 Å². The Hall–Kier alpha value is -0.870. The Bertz CT molecular complexity index is 406. The molecule has 106 valence electrons. The molecule has 1 aromatic rings. The second-order valence-corrected chi connectivity index (χ2v) is 6.13. The number of imidazole rings is 1. The van der Waals surface area contributed by atoms with Crippen LogP contribution in [-0.4, -0.2) is 33.6 Å². The normalized spacial score (nSPS) is 21.0. The van der Waals surface area contributed by atoms with Crippen molar-refractivity contribution in [1.82, 2.24) is 14.5 Å². The summed E-state index contributed by atoms with van der Waals surface area (Å²) in [5.41, 5.74) is 7.43. The molecule has 1 aromatic heterocycles. The monoisotopic (exact) mass is 262 g/mol. The Balaban J connectivity index is 1.78. The summed E-state index contributed by atoms with van der Waals surface area (Å²) in [7, 11) is 0. The van der Waals surface area contributed by atoms with Gasteiger partial charge in [-0.2, -0.15) is 0 Å². The SMILES string of the molecule is CCCn1cncc1C(CN)N(CC1CC1)C1CC1. The molecule has 4 heteroatoms. The van der Waals surface area contributed by atoms with Crippen molar-refractivity contribution in [2.45, 2.75) is 57.7 Å². The number of aryl methyl sites for hydroxylation is 1. The number of hydrogen-bond acceptors (Lipinski definition) is 3. The van der Waals surface area contributed by atoms with Crippen LogP contribution in [0.3, 0.4) is 0 Å². The van der Waals surface area contributed by atoms with Crippen LogP contribution in [-0.2, 0) is 6.54 Å². The molecular formula is C15H26N4. The fraction of sp³-hybridized carbons (Fsp3) is 0.800. The molecule has 2 aliphatic rings. The van der Waals surface area contributed by atoms with Crippen molar-refractivity contribution in [1.29, 1.82) is 0 Å². The molecule has 2 N–H and O–H groups in total. The Labute approximate surface area is 116 Å². The molecule has 0 amide bonds. The van der Waals surface area contributed by atoms with Crippen molar-refractivity contribution in [2.24, 2.45) is 11.7 Å². The van der Waals surface area contributed by atoms with E-state index >= 15 is 0 Å². The molecule has 2 saturated carbocycles. The average Bonchev–Trinajstić information content (AvgIpc) is 3.31. The third-order valence-electron chi connectivity index (χ3n) is 4.36. The Kier molecular flexibility index (Phi) is 3.89. The van der Waals surface area contributed by atoms with Crippen LogP contribution in [0.4, 0.5) is 0 Å². The van der Waals surface area contributed by atoms with Gasteiger partial charge in [0.1, 0.15) is 0 Å². The summed E-state index contributed by atoms with van der Waals surface area (Å²) in [6.07, 6.45) is 10.7. The van der Waals surface area contributed by atoms with Crippen molar-refractivity contribution in [2.75, 3.05) is 13.1 Å². The number of aromatic nitrogens is 2. The zero-order valence-electron chi connectivity index (χ0n) is 12.0. The van der Waals surface area contributed by atoms with Crippen LogP contribution in [0.25, 0.3) is 0 Å². The zero-order valence-corrected chi connectivity index (χ0v) is 12.0. The average molecular weight is 262 g/mol. The summed E-state index contributed by atoms with van der Waals surface area (Å²) < 4.78 is 2.29. The molecule has 1 atom stereocenters. The Morgan fingerprint density at radius 3 is 2.79 bits per heavy atom. The summed E-state index contributed by atoms with van der Waals surface area (Å²) in [5.74, 6) is 0.928. The molecule has 4 nitrogen and oxygen atoms in total. The number of nitrogens with two attached hydrogens (primary N) is 1. The Morgan fingerprint density at radius 2 is 2.21 bits per heavy atom. The molecule has 1 unspecified atom stereocenters. The zero-order chi connectivity index (χ0) is 13.2. The largest absolute Gasteiger partial charge is 0.333 e. The second kappa shape index (κ2) is 5.63. The lowest BCUT2D eigenvalue weighted by Crippen LogP contribution is -2.38. The summed E-state index contributed by atoms with van der Waals surface area (Å²) in [6, 6.07) is 1.14. The molecule has 1 heterocycles. The highest BCUT2D eigenvalue weighted by Crippen LogP contribution is 2.39. The van der Waals surface area contributed by atoms with E-state index in [1.165, 1.54) is 37.9 Å². The van der Waals surface area contributed by atoms with Crippen molar-refractivity contribution in [3.63, 3.8) is 0 Å². The fourth-order valence-corrected chi connectivity index (χ4v) is 3.00. The molecule has 19 heavy (non-hydrogen) atoms. The molecule has 0 aromatic carbocycles. The molecule has 0 spiro atoms. The molecule has 0 saturated heterocycles. The first-order valence-corrected chi connectivity index (χ1v) is 7.79. The highest BCUT2D eigenvalue weighted by Gasteiger charge is 2.38. The maximum Gasteiger partial charge on any atom is 0.0948 e. The third kappa shape index (κ3) is 3.00. The topological polar surface area (TPSA) is 47.1 Å². The van der Waals surface area contributed by atoms with Gasteiger partial charge in [-0.3, -0.25) is 4.90 Å². The third-order valence-corrected chi connectivity index (χ3v) is 4.36. The number of nitrogens with zero attached hydrogens (tertiary/aromatic N) is 3. The van der Waals surface area contributed by atoms with E-state index in [0.29, 0.717) is 12.6 Å². The van der Waals surface area contributed by atoms with Crippen molar-refractivity contribution < 1.29 is 0 Å². The van der Waals surface area contributed by atoms with Gasteiger partial charge in [-0.25, -0.2) is 4.98 Å². The van der Waals surface area contributed by atoms with E-state index in [1.807, 2.05) is 12.5 Å². The lowest BCUT2D eigenvalue weighted by atomic mass is 10.1. The van der Waals surface area contributed by atoms with Gasteiger partial charge in [0, 0.05) is 31.9 Å². The van der Waals surface area contributed by atoms with Crippen LogP contribution in [0.1, 0.15) is 50.8 Å². The minimum absolute atomic E-state index is 0.363. The number of rotatable bonds is 8. The van der Waals surface area contributed by atoms with Crippen molar-refractivity contribution >= 4 is 0 Å². The fourth-order valence-electron chi connectivity index (χ4n) is 3.00.